The Morgan fingerprint density at radius 2 is 2.05 bits per heavy atom. The van der Waals surface area contributed by atoms with Crippen molar-refractivity contribution in [1.29, 1.82) is 0 Å². The van der Waals surface area contributed by atoms with Gasteiger partial charge in [-0.1, -0.05) is 30.1 Å². The fourth-order valence-corrected chi connectivity index (χ4v) is 2.91. The molecule has 110 valence electrons. The fourth-order valence-electron chi connectivity index (χ4n) is 2.34. The highest BCUT2D eigenvalue weighted by molar-refractivity contribution is 7.96. The first-order valence-electron chi connectivity index (χ1n) is 7.03. The van der Waals surface area contributed by atoms with Gasteiger partial charge in [0, 0.05) is 19.1 Å². The van der Waals surface area contributed by atoms with Crippen molar-refractivity contribution >= 4 is 17.9 Å². The van der Waals surface area contributed by atoms with Crippen molar-refractivity contribution in [1.82, 2.24) is 9.62 Å². The van der Waals surface area contributed by atoms with Crippen LogP contribution in [-0.4, -0.2) is 42.8 Å². The summed E-state index contributed by atoms with van der Waals surface area (Å²) < 4.78 is 8.93. The summed E-state index contributed by atoms with van der Waals surface area (Å²) in [6, 6.07) is 10.2. The molecule has 1 aromatic carbocycles. The molecule has 1 aliphatic rings. The molecule has 1 saturated heterocycles. The zero-order valence-corrected chi connectivity index (χ0v) is 12.7. The first kappa shape index (κ1) is 15.2. The molecule has 5 heteroatoms. The van der Waals surface area contributed by atoms with Crippen LogP contribution in [0.3, 0.4) is 0 Å². The van der Waals surface area contributed by atoms with Crippen LogP contribution in [0.2, 0.25) is 0 Å². The van der Waals surface area contributed by atoms with E-state index < -0.39 is 0 Å². The van der Waals surface area contributed by atoms with Gasteiger partial charge in [0.2, 0.25) is 5.91 Å². The monoisotopic (exact) mass is 294 g/mol. The Morgan fingerprint density at radius 3 is 2.70 bits per heavy atom. The summed E-state index contributed by atoms with van der Waals surface area (Å²) in [5.74, 6) is 1.02. The highest BCUT2D eigenvalue weighted by Crippen LogP contribution is 2.14. The third-order valence-corrected chi connectivity index (χ3v) is 4.03. The van der Waals surface area contributed by atoms with Crippen molar-refractivity contribution in [2.24, 2.45) is 0 Å². The van der Waals surface area contributed by atoms with Crippen LogP contribution >= 0.6 is 11.9 Å². The van der Waals surface area contributed by atoms with Crippen molar-refractivity contribution in [3.8, 4) is 5.75 Å². The SMILES string of the molecule is CSNC1CCN(C(=O)CCOc2ccccc2)CC1. The molecule has 0 aliphatic carbocycles. The van der Waals surface area contributed by atoms with E-state index in [0.717, 1.165) is 31.7 Å². The topological polar surface area (TPSA) is 41.6 Å². The van der Waals surface area contributed by atoms with Crippen LogP contribution in [0.1, 0.15) is 19.3 Å². The van der Waals surface area contributed by atoms with Gasteiger partial charge in [0.25, 0.3) is 0 Å². The van der Waals surface area contributed by atoms with E-state index in [9.17, 15) is 4.79 Å². The van der Waals surface area contributed by atoms with Gasteiger partial charge in [-0.15, -0.1) is 0 Å². The van der Waals surface area contributed by atoms with Gasteiger partial charge in [-0.3, -0.25) is 9.52 Å². The molecular formula is C15H22N2O2S. The van der Waals surface area contributed by atoms with Gasteiger partial charge in [0.05, 0.1) is 13.0 Å². The molecule has 2 rings (SSSR count). The van der Waals surface area contributed by atoms with Crippen LogP contribution in [-0.2, 0) is 4.79 Å². The lowest BCUT2D eigenvalue weighted by Gasteiger charge is -2.32. The number of likely N-dealkylation sites (tertiary alicyclic amines) is 1. The van der Waals surface area contributed by atoms with Crippen LogP contribution in [0.25, 0.3) is 0 Å². The summed E-state index contributed by atoms with van der Waals surface area (Å²) in [7, 11) is 0. The molecule has 0 radical (unpaired) electrons. The van der Waals surface area contributed by atoms with E-state index in [-0.39, 0.29) is 5.91 Å². The fraction of sp³-hybridized carbons (Fsp3) is 0.533. The number of rotatable bonds is 6. The number of hydrogen-bond acceptors (Lipinski definition) is 4. The number of nitrogens with one attached hydrogen (secondary N) is 1. The summed E-state index contributed by atoms with van der Waals surface area (Å²) in [6.45, 7) is 2.15. The van der Waals surface area contributed by atoms with Crippen molar-refractivity contribution in [2.75, 3.05) is 26.0 Å². The van der Waals surface area contributed by atoms with Crippen LogP contribution < -0.4 is 9.46 Å². The molecule has 1 heterocycles. The Labute approximate surface area is 125 Å². The van der Waals surface area contributed by atoms with E-state index >= 15 is 0 Å². The molecule has 0 aromatic heterocycles. The Bertz CT molecular complexity index is 406. The Balaban J connectivity index is 1.66. The maximum absolute atomic E-state index is 12.1. The first-order valence-corrected chi connectivity index (χ1v) is 8.26. The van der Waals surface area contributed by atoms with Crippen LogP contribution in [0, 0.1) is 0 Å². The maximum Gasteiger partial charge on any atom is 0.225 e. The van der Waals surface area contributed by atoms with Crippen molar-refractivity contribution in [2.45, 2.75) is 25.3 Å². The first-order chi connectivity index (χ1) is 9.79. The summed E-state index contributed by atoms with van der Waals surface area (Å²) in [5.41, 5.74) is 0. The van der Waals surface area contributed by atoms with Crippen LogP contribution in [0.15, 0.2) is 30.3 Å². The van der Waals surface area contributed by atoms with Crippen LogP contribution in [0.4, 0.5) is 0 Å². The molecule has 1 amide bonds. The molecular weight excluding hydrogens is 272 g/mol. The third-order valence-electron chi connectivity index (χ3n) is 3.46. The minimum atomic E-state index is 0.198. The number of hydrogen-bond donors (Lipinski definition) is 1. The van der Waals surface area contributed by atoms with E-state index in [4.69, 9.17) is 4.74 Å². The minimum Gasteiger partial charge on any atom is -0.493 e. The number of amides is 1. The zero-order valence-electron chi connectivity index (χ0n) is 11.9. The second-order valence-corrected chi connectivity index (χ2v) is 5.53. The molecule has 1 aliphatic heterocycles. The number of carbonyl (C=O) groups excluding carboxylic acids is 1. The average Bonchev–Trinajstić information content (AvgIpc) is 2.49. The van der Waals surface area contributed by atoms with Gasteiger partial charge < -0.3 is 9.64 Å². The number of ether oxygens (including phenoxy) is 1. The summed E-state index contributed by atoms with van der Waals surface area (Å²) in [4.78, 5) is 14.0. The molecule has 0 atom stereocenters. The predicted octanol–water partition coefficient (Wildman–Crippen LogP) is 2.31. The second kappa shape index (κ2) is 8.17. The molecule has 1 N–H and O–H groups in total. The zero-order chi connectivity index (χ0) is 14.2. The van der Waals surface area contributed by atoms with Gasteiger partial charge in [0.1, 0.15) is 5.75 Å². The van der Waals surface area contributed by atoms with E-state index in [1.807, 2.05) is 41.5 Å². The molecule has 0 bridgehead atoms. The Kier molecular flexibility index (Phi) is 6.21. The molecule has 1 aromatic rings. The van der Waals surface area contributed by atoms with Gasteiger partial charge >= 0.3 is 0 Å². The highest BCUT2D eigenvalue weighted by atomic mass is 32.2. The molecule has 1 fully saturated rings. The largest absolute Gasteiger partial charge is 0.493 e. The second-order valence-electron chi connectivity index (χ2n) is 4.89. The average molecular weight is 294 g/mol. The molecule has 0 unspecified atom stereocenters. The molecule has 0 spiro atoms. The minimum absolute atomic E-state index is 0.198. The smallest absolute Gasteiger partial charge is 0.225 e. The van der Waals surface area contributed by atoms with E-state index in [1.54, 1.807) is 11.9 Å². The molecule has 0 saturated carbocycles. The number of nitrogens with zero attached hydrogens (tertiary/aromatic N) is 1. The number of para-hydroxylation sites is 1. The van der Waals surface area contributed by atoms with E-state index in [1.165, 1.54) is 0 Å². The molecule has 20 heavy (non-hydrogen) atoms. The number of benzene rings is 1. The quantitative estimate of drug-likeness (QED) is 0.818. The van der Waals surface area contributed by atoms with Crippen molar-refractivity contribution in [3.05, 3.63) is 30.3 Å². The summed E-state index contributed by atoms with van der Waals surface area (Å²) in [5, 5.41) is 0. The molecule has 4 nitrogen and oxygen atoms in total. The lowest BCUT2D eigenvalue weighted by molar-refractivity contribution is -0.132. The maximum atomic E-state index is 12.1. The van der Waals surface area contributed by atoms with Gasteiger partial charge in [-0.2, -0.15) is 0 Å². The van der Waals surface area contributed by atoms with Crippen LogP contribution in [0.5, 0.6) is 5.75 Å². The van der Waals surface area contributed by atoms with Crippen molar-refractivity contribution in [3.63, 3.8) is 0 Å². The predicted molar refractivity (Wildman–Crippen MR) is 82.8 cm³/mol. The standard InChI is InChI=1S/C15H22N2O2S/c1-20-16-13-7-10-17(11-8-13)15(18)9-12-19-14-5-3-2-4-6-14/h2-6,13,16H,7-12H2,1H3. The Morgan fingerprint density at radius 1 is 1.35 bits per heavy atom. The van der Waals surface area contributed by atoms with Crippen molar-refractivity contribution < 1.29 is 9.53 Å². The number of piperidine rings is 1. The normalized spacial score (nSPS) is 16.1. The Hall–Kier alpha value is -1.20. The van der Waals surface area contributed by atoms with Gasteiger partial charge in [-0.05, 0) is 31.2 Å². The number of carbonyl (C=O) groups is 1. The third kappa shape index (κ3) is 4.72. The summed E-state index contributed by atoms with van der Waals surface area (Å²) >= 11 is 1.66. The van der Waals surface area contributed by atoms with Gasteiger partial charge in [0.15, 0.2) is 0 Å². The lowest BCUT2D eigenvalue weighted by atomic mass is 10.1. The van der Waals surface area contributed by atoms with E-state index in [2.05, 4.69) is 4.72 Å². The summed E-state index contributed by atoms with van der Waals surface area (Å²) in [6.07, 6.45) is 4.56. The van der Waals surface area contributed by atoms with E-state index in [0.29, 0.717) is 19.1 Å². The highest BCUT2D eigenvalue weighted by Gasteiger charge is 2.21. The lowest BCUT2D eigenvalue weighted by Crippen LogP contribution is -2.43. The van der Waals surface area contributed by atoms with Gasteiger partial charge in [-0.25, -0.2) is 0 Å².